The molecular weight excluding hydrogens is 160 g/mol. The van der Waals surface area contributed by atoms with Crippen molar-refractivity contribution in [1.82, 2.24) is 0 Å². The van der Waals surface area contributed by atoms with Gasteiger partial charge in [-0.2, -0.15) is 10.2 Å². The molecule has 1 heterocycles. The van der Waals surface area contributed by atoms with Crippen molar-refractivity contribution in [3.63, 3.8) is 0 Å². The summed E-state index contributed by atoms with van der Waals surface area (Å²) in [6.07, 6.45) is 6.53. The van der Waals surface area contributed by atoms with Crippen LogP contribution in [0.5, 0.6) is 0 Å². The molecule has 0 bridgehead atoms. The molecule has 0 saturated heterocycles. The molecule has 2 heteroatoms. The van der Waals surface area contributed by atoms with Gasteiger partial charge >= 0.3 is 0 Å². The lowest BCUT2D eigenvalue weighted by Gasteiger charge is -2.08. The normalized spacial score (nSPS) is 23.9. The second-order valence-electron chi connectivity index (χ2n) is 4.50. The fourth-order valence-corrected chi connectivity index (χ4v) is 2.19. The summed E-state index contributed by atoms with van der Waals surface area (Å²) in [7, 11) is 0. The average Bonchev–Trinajstić information content (AvgIpc) is 2.75. The molecule has 0 radical (unpaired) electrons. The van der Waals surface area contributed by atoms with E-state index in [9.17, 15) is 0 Å². The summed E-state index contributed by atoms with van der Waals surface area (Å²) in [5, 5.41) is 8.59. The molecule has 0 N–H and O–H groups in total. The van der Waals surface area contributed by atoms with E-state index in [1.54, 1.807) is 0 Å². The Balaban J connectivity index is 1.93. The first kappa shape index (κ1) is 8.92. The molecule has 0 atom stereocenters. The Labute approximate surface area is 80.1 Å². The summed E-state index contributed by atoms with van der Waals surface area (Å²) >= 11 is 0. The Morgan fingerprint density at radius 1 is 1.15 bits per heavy atom. The molecule has 13 heavy (non-hydrogen) atoms. The maximum absolute atomic E-state index is 4.32. The van der Waals surface area contributed by atoms with E-state index in [0.717, 1.165) is 12.3 Å². The molecule has 2 nitrogen and oxygen atoms in total. The van der Waals surface area contributed by atoms with Crippen LogP contribution in [-0.2, 0) is 0 Å². The van der Waals surface area contributed by atoms with Crippen molar-refractivity contribution in [1.29, 1.82) is 0 Å². The molecule has 2 aliphatic rings. The van der Waals surface area contributed by atoms with Crippen LogP contribution in [0.2, 0.25) is 0 Å². The SMILES string of the molecule is CC(C)C1=NN=C(C2CCCC2)C1. The maximum Gasteiger partial charge on any atom is 0.0493 e. The van der Waals surface area contributed by atoms with Gasteiger partial charge < -0.3 is 0 Å². The number of rotatable bonds is 2. The highest BCUT2D eigenvalue weighted by atomic mass is 15.2. The minimum Gasteiger partial charge on any atom is -0.159 e. The van der Waals surface area contributed by atoms with Gasteiger partial charge in [0, 0.05) is 17.8 Å². The first-order valence-electron chi connectivity index (χ1n) is 5.40. The van der Waals surface area contributed by atoms with Gasteiger partial charge in [0.15, 0.2) is 0 Å². The van der Waals surface area contributed by atoms with Crippen LogP contribution >= 0.6 is 0 Å². The zero-order valence-electron chi connectivity index (χ0n) is 8.58. The molecule has 0 aromatic heterocycles. The zero-order valence-corrected chi connectivity index (χ0v) is 8.58. The van der Waals surface area contributed by atoms with Crippen molar-refractivity contribution in [2.24, 2.45) is 22.0 Å². The molecule has 2 rings (SSSR count). The van der Waals surface area contributed by atoms with Crippen LogP contribution < -0.4 is 0 Å². The summed E-state index contributed by atoms with van der Waals surface area (Å²) in [4.78, 5) is 0. The molecule has 0 aromatic carbocycles. The summed E-state index contributed by atoms with van der Waals surface area (Å²) in [6, 6.07) is 0. The Morgan fingerprint density at radius 3 is 2.38 bits per heavy atom. The fraction of sp³-hybridized carbons (Fsp3) is 0.818. The summed E-state index contributed by atoms with van der Waals surface area (Å²) < 4.78 is 0. The summed E-state index contributed by atoms with van der Waals surface area (Å²) in [6.45, 7) is 4.40. The van der Waals surface area contributed by atoms with Crippen molar-refractivity contribution in [2.75, 3.05) is 0 Å². The molecule has 1 fully saturated rings. The molecule has 0 aromatic rings. The van der Waals surface area contributed by atoms with E-state index in [4.69, 9.17) is 0 Å². The second-order valence-corrected chi connectivity index (χ2v) is 4.50. The van der Waals surface area contributed by atoms with E-state index in [2.05, 4.69) is 24.1 Å². The van der Waals surface area contributed by atoms with E-state index in [1.807, 2.05) is 0 Å². The number of hydrogen-bond donors (Lipinski definition) is 0. The minimum absolute atomic E-state index is 0.572. The van der Waals surface area contributed by atoms with Crippen LogP contribution in [0, 0.1) is 11.8 Å². The van der Waals surface area contributed by atoms with Crippen molar-refractivity contribution in [2.45, 2.75) is 46.0 Å². The Hall–Kier alpha value is -0.660. The van der Waals surface area contributed by atoms with Crippen LogP contribution in [-0.4, -0.2) is 11.4 Å². The molecular formula is C11H18N2. The van der Waals surface area contributed by atoms with Crippen molar-refractivity contribution >= 4 is 11.4 Å². The lowest BCUT2D eigenvalue weighted by molar-refractivity contribution is 0.720. The van der Waals surface area contributed by atoms with E-state index < -0.39 is 0 Å². The third-order valence-corrected chi connectivity index (χ3v) is 3.16. The summed E-state index contributed by atoms with van der Waals surface area (Å²) in [5.41, 5.74) is 2.64. The van der Waals surface area contributed by atoms with Crippen molar-refractivity contribution in [3.05, 3.63) is 0 Å². The Bertz CT molecular complexity index is 245. The van der Waals surface area contributed by atoms with Crippen LogP contribution in [0.15, 0.2) is 10.2 Å². The predicted molar refractivity (Wildman–Crippen MR) is 56.3 cm³/mol. The quantitative estimate of drug-likeness (QED) is 0.621. The van der Waals surface area contributed by atoms with Gasteiger partial charge in [0.2, 0.25) is 0 Å². The highest BCUT2D eigenvalue weighted by Crippen LogP contribution is 2.29. The topological polar surface area (TPSA) is 24.7 Å². The number of hydrogen-bond acceptors (Lipinski definition) is 2. The molecule has 72 valence electrons. The fourth-order valence-electron chi connectivity index (χ4n) is 2.19. The van der Waals surface area contributed by atoms with E-state index in [-0.39, 0.29) is 0 Å². The van der Waals surface area contributed by atoms with Gasteiger partial charge in [-0.1, -0.05) is 26.7 Å². The third-order valence-electron chi connectivity index (χ3n) is 3.16. The monoisotopic (exact) mass is 178 g/mol. The van der Waals surface area contributed by atoms with Gasteiger partial charge in [-0.15, -0.1) is 0 Å². The molecule has 0 unspecified atom stereocenters. The van der Waals surface area contributed by atoms with Gasteiger partial charge in [-0.3, -0.25) is 0 Å². The Morgan fingerprint density at radius 2 is 1.85 bits per heavy atom. The van der Waals surface area contributed by atoms with E-state index in [0.29, 0.717) is 5.92 Å². The van der Waals surface area contributed by atoms with Crippen molar-refractivity contribution < 1.29 is 0 Å². The van der Waals surface area contributed by atoms with Gasteiger partial charge in [0.05, 0.1) is 0 Å². The predicted octanol–water partition coefficient (Wildman–Crippen LogP) is 3.03. The van der Waals surface area contributed by atoms with Crippen LogP contribution in [0.25, 0.3) is 0 Å². The first-order chi connectivity index (χ1) is 6.27. The average molecular weight is 178 g/mol. The molecule has 1 saturated carbocycles. The van der Waals surface area contributed by atoms with Gasteiger partial charge in [0.1, 0.15) is 0 Å². The highest BCUT2D eigenvalue weighted by molar-refractivity contribution is 6.09. The molecule has 1 aliphatic carbocycles. The lowest BCUT2D eigenvalue weighted by Crippen LogP contribution is -2.14. The zero-order chi connectivity index (χ0) is 9.26. The maximum atomic E-state index is 4.32. The minimum atomic E-state index is 0.572. The Kier molecular flexibility index (Phi) is 2.47. The third kappa shape index (κ3) is 1.82. The van der Waals surface area contributed by atoms with Crippen molar-refractivity contribution in [3.8, 4) is 0 Å². The smallest absolute Gasteiger partial charge is 0.0493 e. The molecule has 0 amide bonds. The van der Waals surface area contributed by atoms with Gasteiger partial charge in [-0.25, -0.2) is 0 Å². The van der Waals surface area contributed by atoms with E-state index >= 15 is 0 Å². The summed E-state index contributed by atoms with van der Waals surface area (Å²) in [5.74, 6) is 1.34. The van der Waals surface area contributed by atoms with E-state index in [1.165, 1.54) is 37.1 Å². The molecule has 1 aliphatic heterocycles. The standard InChI is InChI=1S/C11H18N2/c1-8(2)10-7-11(13-12-10)9-5-3-4-6-9/h8-9H,3-7H2,1-2H3. The van der Waals surface area contributed by atoms with Crippen LogP contribution in [0.4, 0.5) is 0 Å². The lowest BCUT2D eigenvalue weighted by atomic mass is 9.94. The number of nitrogens with zero attached hydrogens (tertiary/aromatic N) is 2. The van der Waals surface area contributed by atoms with Crippen LogP contribution in [0.1, 0.15) is 46.0 Å². The van der Waals surface area contributed by atoms with Crippen LogP contribution in [0.3, 0.4) is 0 Å². The largest absolute Gasteiger partial charge is 0.159 e. The second kappa shape index (κ2) is 3.60. The highest BCUT2D eigenvalue weighted by Gasteiger charge is 2.25. The first-order valence-corrected chi connectivity index (χ1v) is 5.40. The van der Waals surface area contributed by atoms with Gasteiger partial charge in [-0.05, 0) is 24.7 Å². The van der Waals surface area contributed by atoms with Gasteiger partial charge in [0.25, 0.3) is 0 Å². The molecule has 0 spiro atoms.